The minimum absolute atomic E-state index is 0.212. The number of aliphatic imine (C=N–C) groups is 1. The predicted octanol–water partition coefficient (Wildman–Crippen LogP) is 2.99. The summed E-state index contributed by atoms with van der Waals surface area (Å²) in [4.78, 5) is 9.44. The number of hydrogen-bond acceptors (Lipinski definition) is 4. The molecule has 140 valence electrons. The third-order valence-electron chi connectivity index (χ3n) is 3.55. The molecular formula is C19H25FN4OS. The SMILES string of the molecule is CCNC(=NCC(O)c1ccncc1)NCCCSc1ccc(F)cc1. The second-order valence-corrected chi connectivity index (χ2v) is 6.77. The summed E-state index contributed by atoms with van der Waals surface area (Å²) >= 11 is 1.70. The van der Waals surface area contributed by atoms with E-state index in [0.29, 0.717) is 5.96 Å². The highest BCUT2D eigenvalue weighted by Gasteiger charge is 2.06. The molecule has 2 aromatic rings. The molecule has 0 saturated heterocycles. The maximum absolute atomic E-state index is 12.9. The van der Waals surface area contributed by atoms with Crippen LogP contribution in [0, 0.1) is 5.82 Å². The summed E-state index contributed by atoms with van der Waals surface area (Å²) in [7, 11) is 0. The molecule has 1 unspecified atom stereocenters. The van der Waals surface area contributed by atoms with Gasteiger partial charge in [-0.25, -0.2) is 4.39 Å². The molecule has 1 atom stereocenters. The molecule has 7 heteroatoms. The summed E-state index contributed by atoms with van der Waals surface area (Å²) in [6, 6.07) is 10.1. The topological polar surface area (TPSA) is 69.5 Å². The second-order valence-electron chi connectivity index (χ2n) is 5.60. The van der Waals surface area contributed by atoms with Gasteiger partial charge in [0, 0.05) is 30.4 Å². The van der Waals surface area contributed by atoms with Crippen molar-refractivity contribution in [2.45, 2.75) is 24.3 Å². The lowest BCUT2D eigenvalue weighted by molar-refractivity contribution is 0.187. The van der Waals surface area contributed by atoms with E-state index in [4.69, 9.17) is 0 Å². The van der Waals surface area contributed by atoms with Crippen molar-refractivity contribution in [2.24, 2.45) is 4.99 Å². The molecule has 0 aliphatic rings. The van der Waals surface area contributed by atoms with Crippen LogP contribution in [0.4, 0.5) is 4.39 Å². The molecular weight excluding hydrogens is 351 g/mol. The Labute approximate surface area is 158 Å². The summed E-state index contributed by atoms with van der Waals surface area (Å²) in [6.45, 7) is 3.80. The number of hydrogen-bond donors (Lipinski definition) is 3. The number of thioether (sulfide) groups is 1. The fourth-order valence-electron chi connectivity index (χ4n) is 2.21. The minimum atomic E-state index is -0.650. The van der Waals surface area contributed by atoms with Crippen molar-refractivity contribution < 1.29 is 9.50 Å². The Morgan fingerprint density at radius 3 is 2.62 bits per heavy atom. The smallest absolute Gasteiger partial charge is 0.191 e. The van der Waals surface area contributed by atoms with Crippen LogP contribution in [-0.2, 0) is 0 Å². The van der Waals surface area contributed by atoms with E-state index >= 15 is 0 Å². The van der Waals surface area contributed by atoms with Gasteiger partial charge < -0.3 is 15.7 Å². The molecule has 0 amide bonds. The Kier molecular flexibility index (Phi) is 8.92. The zero-order chi connectivity index (χ0) is 18.6. The van der Waals surface area contributed by atoms with Gasteiger partial charge in [0.05, 0.1) is 12.6 Å². The maximum Gasteiger partial charge on any atom is 0.191 e. The Morgan fingerprint density at radius 1 is 1.19 bits per heavy atom. The highest BCUT2D eigenvalue weighted by molar-refractivity contribution is 7.99. The molecule has 0 fully saturated rings. The first-order chi connectivity index (χ1) is 12.7. The average molecular weight is 377 g/mol. The number of nitrogens with zero attached hydrogens (tertiary/aromatic N) is 2. The van der Waals surface area contributed by atoms with Gasteiger partial charge in [0.1, 0.15) is 5.82 Å². The van der Waals surface area contributed by atoms with Gasteiger partial charge in [0.2, 0.25) is 0 Å². The van der Waals surface area contributed by atoms with Crippen molar-refractivity contribution in [1.29, 1.82) is 0 Å². The Balaban J connectivity index is 1.72. The van der Waals surface area contributed by atoms with Gasteiger partial charge in [-0.15, -0.1) is 11.8 Å². The van der Waals surface area contributed by atoms with Gasteiger partial charge in [-0.1, -0.05) is 0 Å². The van der Waals surface area contributed by atoms with E-state index in [0.717, 1.165) is 35.7 Å². The fraction of sp³-hybridized carbons (Fsp3) is 0.368. The van der Waals surface area contributed by atoms with E-state index in [1.54, 1.807) is 48.4 Å². The monoisotopic (exact) mass is 376 g/mol. The average Bonchev–Trinajstić information content (AvgIpc) is 2.67. The number of rotatable bonds is 9. The lowest BCUT2D eigenvalue weighted by Crippen LogP contribution is -2.38. The van der Waals surface area contributed by atoms with Crippen LogP contribution >= 0.6 is 11.8 Å². The molecule has 0 aliphatic carbocycles. The van der Waals surface area contributed by atoms with Crippen molar-refractivity contribution >= 4 is 17.7 Å². The number of pyridine rings is 1. The standard InChI is InChI=1S/C19H25FN4OS/c1-2-22-19(24-14-18(25)15-8-11-21-12-9-15)23-10-3-13-26-17-6-4-16(20)5-7-17/h4-9,11-12,18,25H,2-3,10,13-14H2,1H3,(H2,22,23,24). The van der Waals surface area contributed by atoms with Crippen molar-refractivity contribution in [2.75, 3.05) is 25.4 Å². The zero-order valence-corrected chi connectivity index (χ0v) is 15.7. The molecule has 0 radical (unpaired) electrons. The van der Waals surface area contributed by atoms with Crippen LogP contribution in [0.2, 0.25) is 0 Å². The molecule has 2 rings (SSSR count). The summed E-state index contributed by atoms with van der Waals surface area (Å²) in [6.07, 6.45) is 3.61. The second kappa shape index (κ2) is 11.5. The molecule has 0 saturated carbocycles. The summed E-state index contributed by atoms with van der Waals surface area (Å²) in [5.41, 5.74) is 0.801. The van der Waals surface area contributed by atoms with Crippen LogP contribution in [0.5, 0.6) is 0 Å². The highest BCUT2D eigenvalue weighted by atomic mass is 32.2. The molecule has 1 aromatic heterocycles. The molecule has 0 aliphatic heterocycles. The number of aromatic nitrogens is 1. The highest BCUT2D eigenvalue weighted by Crippen LogP contribution is 2.18. The first-order valence-electron chi connectivity index (χ1n) is 8.67. The van der Waals surface area contributed by atoms with Crippen LogP contribution in [0.15, 0.2) is 58.7 Å². The zero-order valence-electron chi connectivity index (χ0n) is 14.9. The van der Waals surface area contributed by atoms with Crippen LogP contribution < -0.4 is 10.6 Å². The van der Waals surface area contributed by atoms with Crippen LogP contribution in [0.1, 0.15) is 25.0 Å². The predicted molar refractivity (Wildman–Crippen MR) is 105 cm³/mol. The van der Waals surface area contributed by atoms with Gasteiger partial charge in [-0.2, -0.15) is 0 Å². The van der Waals surface area contributed by atoms with Crippen molar-refractivity contribution in [3.05, 3.63) is 60.2 Å². The number of benzene rings is 1. The normalized spacial score (nSPS) is 12.7. The Morgan fingerprint density at radius 2 is 1.92 bits per heavy atom. The molecule has 0 bridgehead atoms. The Hall–Kier alpha value is -2.12. The Bertz CT molecular complexity index is 667. The van der Waals surface area contributed by atoms with E-state index in [-0.39, 0.29) is 12.4 Å². The van der Waals surface area contributed by atoms with Gasteiger partial charge in [0.15, 0.2) is 5.96 Å². The first kappa shape index (κ1) is 20.2. The molecule has 26 heavy (non-hydrogen) atoms. The number of nitrogens with one attached hydrogen (secondary N) is 2. The van der Waals surface area contributed by atoms with E-state index in [9.17, 15) is 9.50 Å². The van der Waals surface area contributed by atoms with Gasteiger partial charge in [0.25, 0.3) is 0 Å². The third kappa shape index (κ3) is 7.41. The molecule has 1 aromatic carbocycles. The summed E-state index contributed by atoms with van der Waals surface area (Å²) in [5, 5.41) is 16.6. The van der Waals surface area contributed by atoms with Crippen LogP contribution in [0.3, 0.4) is 0 Å². The van der Waals surface area contributed by atoms with E-state index in [2.05, 4.69) is 20.6 Å². The fourth-order valence-corrected chi connectivity index (χ4v) is 3.06. The summed E-state index contributed by atoms with van der Waals surface area (Å²) < 4.78 is 12.9. The lowest BCUT2D eigenvalue weighted by Gasteiger charge is -2.13. The van der Waals surface area contributed by atoms with Crippen LogP contribution in [0.25, 0.3) is 0 Å². The molecule has 1 heterocycles. The van der Waals surface area contributed by atoms with E-state index in [1.807, 2.05) is 6.92 Å². The van der Waals surface area contributed by atoms with Crippen molar-refractivity contribution in [3.8, 4) is 0 Å². The number of guanidine groups is 1. The van der Waals surface area contributed by atoms with E-state index < -0.39 is 6.10 Å². The quantitative estimate of drug-likeness (QED) is 0.272. The lowest BCUT2D eigenvalue weighted by atomic mass is 10.1. The maximum atomic E-state index is 12.9. The third-order valence-corrected chi connectivity index (χ3v) is 4.65. The van der Waals surface area contributed by atoms with E-state index in [1.165, 1.54) is 12.1 Å². The number of aliphatic hydroxyl groups is 1. The summed E-state index contributed by atoms with van der Waals surface area (Å²) in [5.74, 6) is 1.40. The van der Waals surface area contributed by atoms with Gasteiger partial charge >= 0.3 is 0 Å². The number of aliphatic hydroxyl groups excluding tert-OH is 1. The molecule has 0 spiro atoms. The molecule has 3 N–H and O–H groups in total. The van der Waals surface area contributed by atoms with Crippen molar-refractivity contribution in [3.63, 3.8) is 0 Å². The van der Waals surface area contributed by atoms with Crippen molar-refractivity contribution in [1.82, 2.24) is 15.6 Å². The largest absolute Gasteiger partial charge is 0.386 e. The van der Waals surface area contributed by atoms with Gasteiger partial charge in [-0.05, 0) is 61.1 Å². The number of halogens is 1. The first-order valence-corrected chi connectivity index (χ1v) is 9.66. The van der Waals surface area contributed by atoms with Gasteiger partial charge in [-0.3, -0.25) is 9.98 Å². The van der Waals surface area contributed by atoms with Crippen LogP contribution in [-0.4, -0.2) is 41.4 Å². The minimum Gasteiger partial charge on any atom is -0.386 e. The molecule has 5 nitrogen and oxygen atoms in total.